The minimum Gasteiger partial charge on any atom is -0.493 e. The summed E-state index contributed by atoms with van der Waals surface area (Å²) in [6, 6.07) is 14.7. The highest BCUT2D eigenvalue weighted by atomic mass is 16.6. The van der Waals surface area contributed by atoms with Gasteiger partial charge in [0.2, 0.25) is 0 Å². The van der Waals surface area contributed by atoms with E-state index in [1.165, 1.54) is 25.3 Å². The van der Waals surface area contributed by atoms with Gasteiger partial charge < -0.3 is 13.9 Å². The summed E-state index contributed by atoms with van der Waals surface area (Å²) in [6.45, 7) is 0. The molecule has 3 aromatic rings. The van der Waals surface area contributed by atoms with Crippen molar-refractivity contribution < 1.29 is 18.7 Å². The van der Waals surface area contributed by atoms with E-state index in [2.05, 4.69) is 0 Å². The van der Waals surface area contributed by atoms with E-state index in [1.54, 1.807) is 42.5 Å². The third-order valence-corrected chi connectivity index (χ3v) is 3.57. The number of benzene rings is 2. The molecule has 6 heteroatoms. The molecule has 0 aliphatic rings. The van der Waals surface area contributed by atoms with Gasteiger partial charge in [-0.25, -0.2) is 9.59 Å². The second kappa shape index (κ2) is 7.36. The zero-order valence-electron chi connectivity index (χ0n) is 13.8. The van der Waals surface area contributed by atoms with Gasteiger partial charge in [0.25, 0.3) is 0 Å². The highest BCUT2D eigenvalue weighted by Crippen LogP contribution is 2.32. The van der Waals surface area contributed by atoms with Crippen LogP contribution < -0.4 is 15.1 Å². The van der Waals surface area contributed by atoms with Crippen LogP contribution in [-0.2, 0) is 4.79 Å². The van der Waals surface area contributed by atoms with Gasteiger partial charge in [-0.1, -0.05) is 12.1 Å². The summed E-state index contributed by atoms with van der Waals surface area (Å²) in [6.07, 6.45) is 2.82. The molecule has 2 aromatic carbocycles. The first-order valence-electron chi connectivity index (χ1n) is 7.61. The molecular formula is C20H13NO5. The molecule has 0 atom stereocenters. The van der Waals surface area contributed by atoms with Crippen LogP contribution in [0.5, 0.6) is 11.5 Å². The molecule has 0 aliphatic heterocycles. The Hall–Kier alpha value is -3.85. The number of ether oxygens (including phenoxy) is 2. The fourth-order valence-corrected chi connectivity index (χ4v) is 2.29. The van der Waals surface area contributed by atoms with Crippen LogP contribution in [0.4, 0.5) is 0 Å². The monoisotopic (exact) mass is 347 g/mol. The zero-order valence-corrected chi connectivity index (χ0v) is 13.8. The van der Waals surface area contributed by atoms with Crippen molar-refractivity contribution in [3.63, 3.8) is 0 Å². The van der Waals surface area contributed by atoms with Crippen molar-refractivity contribution >= 4 is 23.0 Å². The summed E-state index contributed by atoms with van der Waals surface area (Å²) in [5, 5.41) is 9.42. The lowest BCUT2D eigenvalue weighted by atomic mass is 10.1. The van der Waals surface area contributed by atoms with Crippen LogP contribution in [-0.4, -0.2) is 13.1 Å². The summed E-state index contributed by atoms with van der Waals surface area (Å²) in [7, 11) is 1.45. The Morgan fingerprint density at radius 3 is 2.58 bits per heavy atom. The number of carbonyl (C=O) groups is 1. The first-order valence-corrected chi connectivity index (χ1v) is 7.61. The number of fused-ring (bicyclic) bond motifs is 1. The lowest BCUT2D eigenvalue weighted by molar-refractivity contribution is -0.129. The number of carbonyl (C=O) groups excluding carboxylic acids is 1. The van der Waals surface area contributed by atoms with Crippen LogP contribution in [0.3, 0.4) is 0 Å². The van der Waals surface area contributed by atoms with Crippen LogP contribution >= 0.6 is 0 Å². The van der Waals surface area contributed by atoms with Gasteiger partial charge in [0, 0.05) is 23.6 Å². The zero-order chi connectivity index (χ0) is 18.5. The fourth-order valence-electron chi connectivity index (χ4n) is 2.29. The summed E-state index contributed by atoms with van der Waals surface area (Å²) < 4.78 is 15.6. The third-order valence-electron chi connectivity index (χ3n) is 3.57. The van der Waals surface area contributed by atoms with Crippen molar-refractivity contribution in [3.8, 4) is 17.6 Å². The van der Waals surface area contributed by atoms with Gasteiger partial charge in [0.1, 0.15) is 5.58 Å². The Morgan fingerprint density at radius 2 is 1.88 bits per heavy atom. The number of nitriles is 1. The van der Waals surface area contributed by atoms with Crippen molar-refractivity contribution in [1.29, 1.82) is 5.26 Å². The van der Waals surface area contributed by atoms with E-state index in [1.807, 2.05) is 6.07 Å². The number of hydrogen-bond donors (Lipinski definition) is 0. The molecular weight excluding hydrogens is 334 g/mol. The second-order valence-electron chi connectivity index (χ2n) is 5.28. The summed E-state index contributed by atoms with van der Waals surface area (Å²) >= 11 is 0. The van der Waals surface area contributed by atoms with Crippen molar-refractivity contribution in [3.05, 3.63) is 76.2 Å². The molecule has 3 rings (SSSR count). The normalized spacial score (nSPS) is 10.6. The van der Waals surface area contributed by atoms with Gasteiger partial charge in [-0.3, -0.25) is 0 Å². The molecule has 0 bridgehead atoms. The van der Waals surface area contributed by atoms with E-state index >= 15 is 0 Å². The molecule has 0 unspecified atom stereocenters. The predicted octanol–water partition coefficient (Wildman–Crippen LogP) is 3.29. The molecule has 0 radical (unpaired) electrons. The number of rotatable bonds is 4. The number of nitrogens with zero attached hydrogens (tertiary/aromatic N) is 1. The van der Waals surface area contributed by atoms with E-state index in [9.17, 15) is 9.59 Å². The molecule has 0 spiro atoms. The van der Waals surface area contributed by atoms with Crippen molar-refractivity contribution in [2.24, 2.45) is 0 Å². The fraction of sp³-hybridized carbons (Fsp3) is 0.0500. The molecule has 1 heterocycles. The van der Waals surface area contributed by atoms with Gasteiger partial charge in [-0.2, -0.15) is 5.26 Å². The predicted molar refractivity (Wildman–Crippen MR) is 94.9 cm³/mol. The van der Waals surface area contributed by atoms with Crippen LogP contribution in [0.2, 0.25) is 0 Å². The Balaban J connectivity index is 1.82. The quantitative estimate of drug-likeness (QED) is 0.311. The number of esters is 1. The largest absolute Gasteiger partial charge is 0.493 e. The van der Waals surface area contributed by atoms with Crippen molar-refractivity contribution in [1.82, 2.24) is 0 Å². The van der Waals surface area contributed by atoms with Crippen molar-refractivity contribution in [2.45, 2.75) is 0 Å². The molecule has 128 valence electrons. The third kappa shape index (κ3) is 3.79. The smallest absolute Gasteiger partial charge is 0.336 e. The maximum Gasteiger partial charge on any atom is 0.336 e. The van der Waals surface area contributed by atoms with E-state index in [0.29, 0.717) is 16.7 Å². The lowest BCUT2D eigenvalue weighted by Gasteiger charge is -2.08. The molecule has 1 aromatic heterocycles. The van der Waals surface area contributed by atoms with Crippen molar-refractivity contribution in [2.75, 3.05) is 7.11 Å². The first kappa shape index (κ1) is 17.0. The summed E-state index contributed by atoms with van der Waals surface area (Å²) in [4.78, 5) is 23.4. The van der Waals surface area contributed by atoms with Crippen LogP contribution in [0.25, 0.3) is 17.0 Å². The Kier molecular flexibility index (Phi) is 4.81. The average Bonchev–Trinajstić information content (AvgIpc) is 2.66. The second-order valence-corrected chi connectivity index (χ2v) is 5.28. The highest BCUT2D eigenvalue weighted by Gasteiger charge is 2.11. The van der Waals surface area contributed by atoms with Gasteiger partial charge in [-0.05, 0) is 35.9 Å². The molecule has 0 saturated heterocycles. The van der Waals surface area contributed by atoms with E-state index in [0.717, 1.165) is 5.56 Å². The SMILES string of the molecule is COc1cc2ccc(=O)oc2cc1OC(=O)/C=C/c1ccc(C#N)cc1. The van der Waals surface area contributed by atoms with Crippen LogP contribution in [0, 0.1) is 11.3 Å². The van der Waals surface area contributed by atoms with E-state index in [4.69, 9.17) is 19.2 Å². The molecule has 0 saturated carbocycles. The Bertz CT molecular complexity index is 1090. The Morgan fingerprint density at radius 1 is 1.12 bits per heavy atom. The van der Waals surface area contributed by atoms with Gasteiger partial charge in [-0.15, -0.1) is 0 Å². The summed E-state index contributed by atoms with van der Waals surface area (Å²) in [5.41, 5.74) is 1.07. The topological polar surface area (TPSA) is 89.5 Å². The van der Waals surface area contributed by atoms with Crippen LogP contribution in [0.15, 0.2) is 63.8 Å². The molecule has 0 amide bonds. The molecule has 0 fully saturated rings. The summed E-state index contributed by atoms with van der Waals surface area (Å²) in [5.74, 6) is -0.138. The highest BCUT2D eigenvalue weighted by molar-refractivity contribution is 5.90. The maximum atomic E-state index is 12.1. The first-order chi connectivity index (χ1) is 12.6. The van der Waals surface area contributed by atoms with E-state index in [-0.39, 0.29) is 11.3 Å². The molecule has 0 N–H and O–H groups in total. The average molecular weight is 347 g/mol. The molecule has 6 nitrogen and oxygen atoms in total. The Labute approximate surface area is 148 Å². The van der Waals surface area contributed by atoms with Gasteiger partial charge in [0.05, 0.1) is 18.7 Å². The minimum atomic E-state index is -0.620. The molecule has 26 heavy (non-hydrogen) atoms. The number of methoxy groups -OCH3 is 1. The standard InChI is InChI=1S/C20H13NO5/c1-24-17-10-15-7-9-20(23)25-16(15)11-18(17)26-19(22)8-6-13-2-4-14(12-21)5-3-13/h2-11H,1H3/b8-6+. The number of hydrogen-bond acceptors (Lipinski definition) is 6. The van der Waals surface area contributed by atoms with Gasteiger partial charge in [0.15, 0.2) is 11.5 Å². The van der Waals surface area contributed by atoms with Crippen LogP contribution in [0.1, 0.15) is 11.1 Å². The van der Waals surface area contributed by atoms with Gasteiger partial charge >= 0.3 is 11.6 Å². The maximum absolute atomic E-state index is 12.1. The molecule has 0 aliphatic carbocycles. The van der Waals surface area contributed by atoms with E-state index < -0.39 is 11.6 Å². The minimum absolute atomic E-state index is 0.142. The lowest BCUT2D eigenvalue weighted by Crippen LogP contribution is -2.05.